The summed E-state index contributed by atoms with van der Waals surface area (Å²) in [5, 5.41) is 3.57. The number of hydrogen-bond acceptors (Lipinski definition) is 2. The van der Waals surface area contributed by atoms with Crippen LogP contribution in [-0.4, -0.2) is 6.54 Å². The molecular weight excluding hydrogens is 249 g/mol. The van der Waals surface area contributed by atoms with Crippen LogP contribution in [0.4, 0.5) is 0 Å². The maximum absolute atomic E-state index is 6.18. The van der Waals surface area contributed by atoms with E-state index in [1.165, 1.54) is 29.7 Å². The fourth-order valence-electron chi connectivity index (χ4n) is 1.82. The maximum Gasteiger partial charge on any atom is 0.0992 e. The van der Waals surface area contributed by atoms with Gasteiger partial charge in [-0.15, -0.1) is 11.3 Å². The average molecular weight is 264 g/mol. The van der Waals surface area contributed by atoms with Crippen LogP contribution < -0.4 is 5.32 Å². The molecule has 84 valence electrons. The molecule has 1 saturated carbocycles. The van der Waals surface area contributed by atoms with Gasteiger partial charge in [-0.2, -0.15) is 0 Å². The van der Waals surface area contributed by atoms with E-state index in [1.807, 2.05) is 6.07 Å². The third kappa shape index (κ3) is 2.88. The van der Waals surface area contributed by atoms with E-state index in [9.17, 15) is 0 Å². The van der Waals surface area contributed by atoms with Crippen LogP contribution in [0.3, 0.4) is 0 Å². The first kappa shape index (κ1) is 11.7. The molecule has 0 radical (unpaired) electrons. The predicted octanol–water partition coefficient (Wildman–Crippen LogP) is 4.51. The highest BCUT2D eigenvalue weighted by molar-refractivity contribution is 7.20. The first-order chi connectivity index (χ1) is 7.22. The van der Waals surface area contributed by atoms with Crippen molar-refractivity contribution in [1.29, 1.82) is 0 Å². The SMILES string of the molecule is CCCNC(c1cc(Cl)sc1Cl)C1CC1. The van der Waals surface area contributed by atoms with Crippen molar-refractivity contribution in [2.45, 2.75) is 32.2 Å². The van der Waals surface area contributed by atoms with Crippen molar-refractivity contribution in [1.82, 2.24) is 5.32 Å². The lowest BCUT2D eigenvalue weighted by Gasteiger charge is -2.17. The minimum Gasteiger partial charge on any atom is -0.310 e. The van der Waals surface area contributed by atoms with Crippen molar-refractivity contribution in [2.24, 2.45) is 5.92 Å². The van der Waals surface area contributed by atoms with Gasteiger partial charge in [0.2, 0.25) is 0 Å². The number of halogens is 2. The Hall–Kier alpha value is 0.240. The Labute approximate surface area is 105 Å². The van der Waals surface area contributed by atoms with Gasteiger partial charge in [0.15, 0.2) is 0 Å². The third-order valence-corrected chi connectivity index (χ3v) is 4.24. The summed E-state index contributed by atoms with van der Waals surface area (Å²) >= 11 is 13.6. The zero-order valence-corrected chi connectivity index (χ0v) is 11.1. The molecule has 1 aliphatic carbocycles. The van der Waals surface area contributed by atoms with E-state index in [0.717, 1.165) is 27.6 Å². The van der Waals surface area contributed by atoms with E-state index in [0.29, 0.717) is 6.04 Å². The molecule has 1 aromatic heterocycles. The summed E-state index contributed by atoms with van der Waals surface area (Å²) in [7, 11) is 0. The quantitative estimate of drug-likeness (QED) is 0.825. The van der Waals surface area contributed by atoms with Gasteiger partial charge in [0.1, 0.15) is 0 Å². The second-order valence-electron chi connectivity index (χ2n) is 4.05. The molecule has 0 aliphatic heterocycles. The lowest BCUT2D eigenvalue weighted by atomic mass is 10.1. The van der Waals surface area contributed by atoms with Gasteiger partial charge >= 0.3 is 0 Å². The van der Waals surface area contributed by atoms with Crippen molar-refractivity contribution in [3.05, 3.63) is 20.3 Å². The first-order valence-corrected chi connectivity index (χ1v) is 6.97. The van der Waals surface area contributed by atoms with Gasteiger partial charge in [-0.1, -0.05) is 30.1 Å². The Balaban J connectivity index is 2.12. The summed E-state index contributed by atoms with van der Waals surface area (Å²) in [6, 6.07) is 2.43. The highest BCUT2D eigenvalue weighted by atomic mass is 35.5. The highest BCUT2D eigenvalue weighted by Gasteiger charge is 2.33. The van der Waals surface area contributed by atoms with Crippen LogP contribution in [0.15, 0.2) is 6.07 Å². The van der Waals surface area contributed by atoms with Crippen molar-refractivity contribution in [2.75, 3.05) is 6.54 Å². The van der Waals surface area contributed by atoms with Gasteiger partial charge in [-0.3, -0.25) is 0 Å². The molecule has 2 rings (SSSR count). The molecule has 1 fully saturated rings. The topological polar surface area (TPSA) is 12.0 Å². The molecule has 0 bridgehead atoms. The Morgan fingerprint density at radius 1 is 1.53 bits per heavy atom. The van der Waals surface area contributed by atoms with Crippen LogP contribution in [0.2, 0.25) is 8.67 Å². The molecule has 0 spiro atoms. The summed E-state index contributed by atoms with van der Waals surface area (Å²) in [6.45, 7) is 3.23. The van der Waals surface area contributed by atoms with Crippen LogP contribution in [0.1, 0.15) is 37.8 Å². The van der Waals surface area contributed by atoms with Crippen LogP contribution in [0, 0.1) is 5.92 Å². The smallest absolute Gasteiger partial charge is 0.0992 e. The van der Waals surface area contributed by atoms with E-state index in [2.05, 4.69) is 12.2 Å². The van der Waals surface area contributed by atoms with E-state index in [4.69, 9.17) is 23.2 Å². The highest BCUT2D eigenvalue weighted by Crippen LogP contribution is 2.45. The minimum atomic E-state index is 0.418. The van der Waals surface area contributed by atoms with Crippen LogP contribution in [0.5, 0.6) is 0 Å². The third-order valence-electron chi connectivity index (χ3n) is 2.73. The standard InChI is InChI=1S/C11H15Cl2NS/c1-2-5-14-10(7-3-4-7)8-6-9(12)15-11(8)13/h6-7,10,14H,2-5H2,1H3. The largest absolute Gasteiger partial charge is 0.310 e. The molecule has 1 nitrogen and oxygen atoms in total. The molecule has 1 atom stereocenters. The Kier molecular flexibility index (Phi) is 3.94. The lowest BCUT2D eigenvalue weighted by molar-refractivity contribution is 0.482. The Bertz CT molecular complexity index is 333. The molecule has 15 heavy (non-hydrogen) atoms. The Morgan fingerprint density at radius 2 is 2.27 bits per heavy atom. The van der Waals surface area contributed by atoms with Crippen molar-refractivity contribution in [3.63, 3.8) is 0 Å². The molecule has 1 aliphatic rings. The molecule has 0 amide bonds. The first-order valence-electron chi connectivity index (χ1n) is 5.40. The molecule has 1 unspecified atom stereocenters. The zero-order chi connectivity index (χ0) is 10.8. The summed E-state index contributed by atoms with van der Waals surface area (Å²) < 4.78 is 1.64. The van der Waals surface area contributed by atoms with Gasteiger partial charge < -0.3 is 5.32 Å². The van der Waals surface area contributed by atoms with Gasteiger partial charge in [-0.05, 0) is 37.8 Å². The van der Waals surface area contributed by atoms with Crippen LogP contribution in [-0.2, 0) is 0 Å². The summed E-state index contributed by atoms with van der Waals surface area (Å²) in [5.41, 5.74) is 1.20. The summed E-state index contributed by atoms with van der Waals surface area (Å²) in [4.78, 5) is 0. The number of hydrogen-bond donors (Lipinski definition) is 1. The van der Waals surface area contributed by atoms with E-state index in [-0.39, 0.29) is 0 Å². The van der Waals surface area contributed by atoms with Gasteiger partial charge in [0.05, 0.1) is 8.67 Å². The number of rotatable bonds is 5. The normalized spacial score (nSPS) is 18.1. The molecule has 4 heteroatoms. The van der Waals surface area contributed by atoms with Gasteiger partial charge in [0, 0.05) is 11.6 Å². The molecular formula is C11H15Cl2NS. The lowest BCUT2D eigenvalue weighted by Crippen LogP contribution is -2.23. The number of nitrogens with one attached hydrogen (secondary N) is 1. The second kappa shape index (κ2) is 5.05. The van der Waals surface area contributed by atoms with Crippen LogP contribution in [0.25, 0.3) is 0 Å². The molecule has 1 aromatic rings. The molecule has 0 saturated heterocycles. The van der Waals surface area contributed by atoms with Crippen LogP contribution >= 0.6 is 34.5 Å². The molecule has 1 N–H and O–H groups in total. The van der Waals surface area contributed by atoms with E-state index < -0.39 is 0 Å². The van der Waals surface area contributed by atoms with Crippen molar-refractivity contribution >= 4 is 34.5 Å². The zero-order valence-electron chi connectivity index (χ0n) is 8.72. The predicted molar refractivity (Wildman–Crippen MR) is 68.1 cm³/mol. The molecule has 0 aromatic carbocycles. The van der Waals surface area contributed by atoms with Gasteiger partial charge in [-0.25, -0.2) is 0 Å². The fraction of sp³-hybridized carbons (Fsp3) is 0.636. The second-order valence-corrected chi connectivity index (χ2v) is 6.33. The molecule has 1 heterocycles. The summed E-state index contributed by atoms with van der Waals surface area (Å²) in [6.07, 6.45) is 3.77. The maximum atomic E-state index is 6.18. The van der Waals surface area contributed by atoms with Crippen molar-refractivity contribution < 1.29 is 0 Å². The van der Waals surface area contributed by atoms with E-state index >= 15 is 0 Å². The van der Waals surface area contributed by atoms with Gasteiger partial charge in [0.25, 0.3) is 0 Å². The average Bonchev–Trinajstić information content (AvgIpc) is 2.95. The van der Waals surface area contributed by atoms with Crippen molar-refractivity contribution in [3.8, 4) is 0 Å². The monoisotopic (exact) mass is 263 g/mol. The number of thiophene rings is 1. The Morgan fingerprint density at radius 3 is 2.73 bits per heavy atom. The fourth-order valence-corrected chi connectivity index (χ4v) is 3.37. The van der Waals surface area contributed by atoms with E-state index in [1.54, 1.807) is 0 Å². The summed E-state index contributed by atoms with van der Waals surface area (Å²) in [5.74, 6) is 0.764. The minimum absolute atomic E-state index is 0.418.